The molecule has 0 aliphatic carbocycles. The second-order valence-electron chi connectivity index (χ2n) is 4.15. The van der Waals surface area contributed by atoms with E-state index in [0.717, 1.165) is 0 Å². The van der Waals surface area contributed by atoms with Crippen molar-refractivity contribution < 1.29 is 19.1 Å². The van der Waals surface area contributed by atoms with Gasteiger partial charge in [0, 0.05) is 25.6 Å². The summed E-state index contributed by atoms with van der Waals surface area (Å²) in [7, 11) is 1.77. The third-order valence-electron chi connectivity index (χ3n) is 2.83. The fourth-order valence-electron chi connectivity index (χ4n) is 1.81. The molecule has 1 aromatic rings. The third-order valence-corrected chi connectivity index (χ3v) is 2.83. The highest BCUT2D eigenvalue weighted by molar-refractivity contribution is 6.04. The number of carbonyl (C=O) groups excluding carboxylic acids is 2. The first-order valence-electron chi connectivity index (χ1n) is 6.00. The van der Waals surface area contributed by atoms with Gasteiger partial charge in [-0.2, -0.15) is 0 Å². The predicted octanol–water partition coefficient (Wildman–Crippen LogP) is 0.623. The highest BCUT2D eigenvalue weighted by Crippen LogP contribution is 2.32. The molecule has 1 N–H and O–H groups in total. The van der Waals surface area contributed by atoms with Gasteiger partial charge < -0.3 is 14.8 Å². The smallest absolute Gasteiger partial charge is 0.260 e. The predicted molar refractivity (Wildman–Crippen MR) is 68.2 cm³/mol. The van der Waals surface area contributed by atoms with Crippen molar-refractivity contribution in [3.63, 3.8) is 0 Å². The number of hydrogen-bond donors (Lipinski definition) is 1. The molecule has 0 fully saturated rings. The van der Waals surface area contributed by atoms with Crippen molar-refractivity contribution in [2.75, 3.05) is 26.9 Å². The van der Waals surface area contributed by atoms with Gasteiger partial charge >= 0.3 is 0 Å². The largest absolute Gasteiger partial charge is 0.454 e. The molecule has 1 aliphatic rings. The van der Waals surface area contributed by atoms with Gasteiger partial charge in [-0.15, -0.1) is 0 Å². The van der Waals surface area contributed by atoms with Crippen LogP contribution in [0.5, 0.6) is 11.5 Å². The number of likely N-dealkylation sites (N-methyl/N-ethyl adjacent to an activating group) is 1. The molecule has 0 saturated carbocycles. The molecular formula is C13H16N2O4. The molecular weight excluding hydrogens is 248 g/mol. The van der Waals surface area contributed by atoms with E-state index in [1.165, 1.54) is 11.8 Å². The SMILES string of the molecule is CNCCN(C(C)=O)C(=O)c1ccc2c(c1)OCO2. The molecule has 0 saturated heterocycles. The van der Waals surface area contributed by atoms with Crippen molar-refractivity contribution in [3.05, 3.63) is 23.8 Å². The summed E-state index contributed by atoms with van der Waals surface area (Å²) in [4.78, 5) is 25.0. The summed E-state index contributed by atoms with van der Waals surface area (Å²) in [6.07, 6.45) is 0. The summed E-state index contributed by atoms with van der Waals surface area (Å²) in [6, 6.07) is 4.90. The maximum absolute atomic E-state index is 12.3. The van der Waals surface area contributed by atoms with E-state index in [9.17, 15) is 9.59 Å². The Kier molecular flexibility index (Phi) is 4.01. The first-order valence-corrected chi connectivity index (χ1v) is 6.00. The summed E-state index contributed by atoms with van der Waals surface area (Å²) in [5, 5.41) is 2.91. The number of imide groups is 1. The van der Waals surface area contributed by atoms with Gasteiger partial charge in [0.1, 0.15) is 0 Å². The maximum atomic E-state index is 12.3. The summed E-state index contributed by atoms with van der Waals surface area (Å²) in [5.74, 6) is 0.531. The monoisotopic (exact) mass is 264 g/mol. The van der Waals surface area contributed by atoms with E-state index in [-0.39, 0.29) is 18.6 Å². The highest BCUT2D eigenvalue weighted by Gasteiger charge is 2.22. The van der Waals surface area contributed by atoms with E-state index >= 15 is 0 Å². The molecule has 1 aliphatic heterocycles. The number of nitrogens with zero attached hydrogens (tertiary/aromatic N) is 1. The summed E-state index contributed by atoms with van der Waals surface area (Å²) in [6.45, 7) is 2.42. The van der Waals surface area contributed by atoms with Crippen molar-refractivity contribution >= 4 is 11.8 Å². The van der Waals surface area contributed by atoms with Crippen LogP contribution in [0.25, 0.3) is 0 Å². The Balaban J connectivity index is 2.19. The lowest BCUT2D eigenvalue weighted by molar-refractivity contribution is -0.126. The molecule has 0 aromatic heterocycles. The minimum atomic E-state index is -0.332. The summed E-state index contributed by atoms with van der Waals surface area (Å²) < 4.78 is 10.4. The van der Waals surface area contributed by atoms with Crippen LogP contribution in [0.2, 0.25) is 0 Å². The molecule has 102 valence electrons. The number of amides is 2. The second-order valence-corrected chi connectivity index (χ2v) is 4.15. The zero-order chi connectivity index (χ0) is 13.8. The van der Waals surface area contributed by atoms with Crippen LogP contribution in [0.15, 0.2) is 18.2 Å². The van der Waals surface area contributed by atoms with Crippen LogP contribution in [0, 0.1) is 0 Å². The minimum absolute atomic E-state index is 0.156. The quantitative estimate of drug-likeness (QED) is 0.863. The molecule has 6 nitrogen and oxygen atoms in total. The Morgan fingerprint density at radius 3 is 2.74 bits per heavy atom. The Labute approximate surface area is 111 Å². The first-order chi connectivity index (χ1) is 9.13. The number of carbonyl (C=O) groups is 2. The van der Waals surface area contributed by atoms with E-state index in [2.05, 4.69) is 5.32 Å². The maximum Gasteiger partial charge on any atom is 0.260 e. The Bertz CT molecular complexity index is 501. The van der Waals surface area contributed by atoms with Crippen LogP contribution < -0.4 is 14.8 Å². The number of nitrogens with one attached hydrogen (secondary N) is 1. The van der Waals surface area contributed by atoms with Crippen molar-refractivity contribution in [3.8, 4) is 11.5 Å². The number of ether oxygens (including phenoxy) is 2. The summed E-state index contributed by atoms with van der Waals surface area (Å²) >= 11 is 0. The fourth-order valence-corrected chi connectivity index (χ4v) is 1.81. The van der Waals surface area contributed by atoms with Gasteiger partial charge in [0.25, 0.3) is 5.91 Å². The first kappa shape index (κ1) is 13.4. The standard InChI is InChI=1S/C13H16N2O4/c1-9(16)15(6-5-14-2)13(17)10-3-4-11-12(7-10)19-8-18-11/h3-4,7,14H,5-6,8H2,1-2H3. The van der Waals surface area contributed by atoms with Crippen LogP contribution in [-0.4, -0.2) is 43.6 Å². The van der Waals surface area contributed by atoms with Crippen LogP contribution in [0.1, 0.15) is 17.3 Å². The highest BCUT2D eigenvalue weighted by atomic mass is 16.7. The second kappa shape index (κ2) is 5.71. The molecule has 2 amide bonds. The minimum Gasteiger partial charge on any atom is -0.454 e. The normalized spacial score (nSPS) is 12.3. The van der Waals surface area contributed by atoms with Crippen molar-refractivity contribution in [2.24, 2.45) is 0 Å². The molecule has 0 bridgehead atoms. The zero-order valence-electron chi connectivity index (χ0n) is 10.9. The molecule has 0 radical (unpaired) electrons. The Morgan fingerprint density at radius 2 is 2.05 bits per heavy atom. The van der Waals surface area contributed by atoms with Crippen LogP contribution in [0.4, 0.5) is 0 Å². The lowest BCUT2D eigenvalue weighted by atomic mass is 10.1. The molecule has 0 unspecified atom stereocenters. The number of fused-ring (bicyclic) bond motifs is 1. The van der Waals surface area contributed by atoms with E-state index < -0.39 is 0 Å². The van der Waals surface area contributed by atoms with Gasteiger partial charge in [0.05, 0.1) is 0 Å². The third kappa shape index (κ3) is 2.85. The molecule has 1 heterocycles. The molecule has 0 spiro atoms. The van der Waals surface area contributed by atoms with Crippen LogP contribution >= 0.6 is 0 Å². The number of rotatable bonds is 4. The summed E-state index contributed by atoms with van der Waals surface area (Å²) in [5.41, 5.74) is 0.413. The number of hydrogen-bond acceptors (Lipinski definition) is 5. The van der Waals surface area contributed by atoms with Gasteiger partial charge in [-0.1, -0.05) is 0 Å². The van der Waals surface area contributed by atoms with Crippen LogP contribution in [-0.2, 0) is 4.79 Å². The van der Waals surface area contributed by atoms with Crippen molar-refractivity contribution in [1.82, 2.24) is 10.2 Å². The molecule has 6 heteroatoms. The average Bonchev–Trinajstić information content (AvgIpc) is 2.85. The molecule has 19 heavy (non-hydrogen) atoms. The van der Waals surface area contributed by atoms with Gasteiger partial charge in [0.2, 0.25) is 12.7 Å². The fraction of sp³-hybridized carbons (Fsp3) is 0.385. The van der Waals surface area contributed by atoms with E-state index in [4.69, 9.17) is 9.47 Å². The number of benzene rings is 1. The van der Waals surface area contributed by atoms with Crippen molar-refractivity contribution in [2.45, 2.75) is 6.92 Å². The molecule has 2 rings (SSSR count). The molecule has 0 atom stereocenters. The van der Waals surface area contributed by atoms with Gasteiger partial charge in [-0.3, -0.25) is 14.5 Å². The topological polar surface area (TPSA) is 67.9 Å². The Hall–Kier alpha value is -2.08. The van der Waals surface area contributed by atoms with E-state index in [1.807, 2.05) is 0 Å². The zero-order valence-corrected chi connectivity index (χ0v) is 10.9. The lowest BCUT2D eigenvalue weighted by Gasteiger charge is -2.19. The van der Waals surface area contributed by atoms with E-state index in [1.54, 1.807) is 25.2 Å². The Morgan fingerprint density at radius 1 is 1.32 bits per heavy atom. The lowest BCUT2D eigenvalue weighted by Crippen LogP contribution is -2.39. The average molecular weight is 264 g/mol. The van der Waals surface area contributed by atoms with Crippen molar-refractivity contribution in [1.29, 1.82) is 0 Å². The van der Waals surface area contributed by atoms with Gasteiger partial charge in [-0.25, -0.2) is 0 Å². The van der Waals surface area contributed by atoms with Crippen LogP contribution in [0.3, 0.4) is 0 Å². The molecule has 1 aromatic carbocycles. The van der Waals surface area contributed by atoms with E-state index in [0.29, 0.717) is 30.2 Å². The van der Waals surface area contributed by atoms with Gasteiger partial charge in [0.15, 0.2) is 11.5 Å². The van der Waals surface area contributed by atoms with Gasteiger partial charge in [-0.05, 0) is 25.2 Å².